The Bertz CT molecular complexity index is 635. The number of aryl methyl sites for hydroxylation is 1. The predicted octanol–water partition coefficient (Wildman–Crippen LogP) is 1.15. The molecule has 0 saturated carbocycles. The summed E-state index contributed by atoms with van der Waals surface area (Å²) in [6.07, 6.45) is 0.580. The zero-order valence-corrected chi connectivity index (χ0v) is 11.8. The molecule has 1 fully saturated rings. The Morgan fingerprint density at radius 2 is 1.90 bits per heavy atom. The fourth-order valence-electron chi connectivity index (χ4n) is 2.20. The third-order valence-corrected chi connectivity index (χ3v) is 5.10. The van der Waals surface area contributed by atoms with Crippen molar-refractivity contribution in [3.63, 3.8) is 0 Å². The van der Waals surface area contributed by atoms with E-state index in [1.54, 1.807) is 12.1 Å². The Morgan fingerprint density at radius 3 is 2.45 bits per heavy atom. The quantitative estimate of drug-likeness (QED) is 0.903. The van der Waals surface area contributed by atoms with Crippen LogP contribution < -0.4 is 0 Å². The van der Waals surface area contributed by atoms with E-state index in [9.17, 15) is 18.0 Å². The number of carbonyl (C=O) groups is 2. The minimum absolute atomic E-state index is 0.0505. The zero-order valence-electron chi connectivity index (χ0n) is 10.9. The van der Waals surface area contributed by atoms with Gasteiger partial charge in [-0.05, 0) is 31.9 Å². The van der Waals surface area contributed by atoms with E-state index < -0.39 is 27.9 Å². The van der Waals surface area contributed by atoms with Crippen molar-refractivity contribution in [2.45, 2.75) is 37.1 Å². The van der Waals surface area contributed by atoms with Crippen LogP contribution in [0.4, 0.5) is 0 Å². The van der Waals surface area contributed by atoms with Crippen molar-refractivity contribution in [3.8, 4) is 0 Å². The van der Waals surface area contributed by atoms with Crippen molar-refractivity contribution in [2.75, 3.05) is 0 Å². The number of hydrogen-bond donors (Lipinski definition) is 1. The molecule has 6 nitrogen and oxygen atoms in total. The minimum atomic E-state index is -4.12. The van der Waals surface area contributed by atoms with Crippen LogP contribution in [0.25, 0.3) is 0 Å². The highest BCUT2D eigenvalue weighted by molar-refractivity contribution is 7.89. The van der Waals surface area contributed by atoms with Crippen LogP contribution in [0.15, 0.2) is 29.2 Å². The van der Waals surface area contributed by atoms with Crippen LogP contribution in [0, 0.1) is 6.92 Å². The molecule has 7 heteroatoms. The number of carboxylic acids is 1. The van der Waals surface area contributed by atoms with Gasteiger partial charge in [-0.1, -0.05) is 17.7 Å². The first-order valence-corrected chi connectivity index (χ1v) is 7.65. The lowest BCUT2D eigenvalue weighted by atomic mass is 10.0. The topological polar surface area (TPSA) is 91.8 Å². The van der Waals surface area contributed by atoms with E-state index >= 15 is 0 Å². The van der Waals surface area contributed by atoms with E-state index in [-0.39, 0.29) is 17.7 Å². The van der Waals surface area contributed by atoms with Gasteiger partial charge in [0.15, 0.2) is 0 Å². The summed E-state index contributed by atoms with van der Waals surface area (Å²) in [4.78, 5) is 23.0. The molecule has 1 heterocycles. The first-order chi connectivity index (χ1) is 9.34. The lowest BCUT2D eigenvalue weighted by Gasteiger charge is -2.31. The van der Waals surface area contributed by atoms with Crippen molar-refractivity contribution in [1.29, 1.82) is 0 Å². The van der Waals surface area contributed by atoms with Crippen LogP contribution in [0.1, 0.15) is 24.8 Å². The first kappa shape index (κ1) is 14.5. The molecule has 1 amide bonds. The van der Waals surface area contributed by atoms with Crippen LogP contribution in [-0.4, -0.2) is 35.7 Å². The molecule has 1 atom stereocenters. The molecular weight excluding hydrogens is 282 g/mol. The fourth-order valence-corrected chi connectivity index (χ4v) is 3.79. The average molecular weight is 297 g/mol. The standard InChI is InChI=1S/C13H15NO5S/c1-9-5-7-10(8-6-9)20(18,19)14-11(13(16)17)3-2-4-12(14)15/h5-8,11H,2-4H2,1H3,(H,16,17). The molecule has 1 aliphatic rings. The minimum Gasteiger partial charge on any atom is -0.480 e. The maximum atomic E-state index is 12.5. The molecule has 1 saturated heterocycles. The molecule has 2 rings (SSSR count). The smallest absolute Gasteiger partial charge is 0.327 e. The van der Waals surface area contributed by atoms with Crippen LogP contribution in [0.2, 0.25) is 0 Å². The Hall–Kier alpha value is -1.89. The predicted molar refractivity (Wildman–Crippen MR) is 70.5 cm³/mol. The van der Waals surface area contributed by atoms with Crippen molar-refractivity contribution >= 4 is 21.9 Å². The molecule has 0 aromatic heterocycles. The number of piperidine rings is 1. The summed E-state index contributed by atoms with van der Waals surface area (Å²) < 4.78 is 25.4. The van der Waals surface area contributed by atoms with Gasteiger partial charge in [-0.2, -0.15) is 0 Å². The Balaban J connectivity index is 2.47. The SMILES string of the molecule is Cc1ccc(S(=O)(=O)N2C(=O)CCCC2C(=O)O)cc1. The molecule has 0 radical (unpaired) electrons. The molecule has 20 heavy (non-hydrogen) atoms. The lowest BCUT2D eigenvalue weighted by Crippen LogP contribution is -2.50. The Morgan fingerprint density at radius 1 is 1.30 bits per heavy atom. The van der Waals surface area contributed by atoms with E-state index in [1.165, 1.54) is 12.1 Å². The summed E-state index contributed by atoms with van der Waals surface area (Å²) in [5.41, 5.74) is 0.878. The summed E-state index contributed by atoms with van der Waals surface area (Å²) in [5, 5.41) is 9.12. The number of nitrogens with zero attached hydrogens (tertiary/aromatic N) is 1. The fraction of sp³-hybridized carbons (Fsp3) is 0.385. The normalized spacial score (nSPS) is 19.9. The number of amides is 1. The second-order valence-corrected chi connectivity index (χ2v) is 6.57. The first-order valence-electron chi connectivity index (χ1n) is 6.21. The summed E-state index contributed by atoms with van der Waals surface area (Å²) in [5.74, 6) is -1.96. The number of sulfonamides is 1. The van der Waals surface area contributed by atoms with E-state index in [2.05, 4.69) is 0 Å². The number of carboxylic acid groups (broad SMARTS) is 1. The van der Waals surface area contributed by atoms with Gasteiger partial charge < -0.3 is 5.11 Å². The number of aliphatic carboxylic acids is 1. The van der Waals surface area contributed by atoms with Gasteiger partial charge in [0.1, 0.15) is 6.04 Å². The Kier molecular flexibility index (Phi) is 3.80. The van der Waals surface area contributed by atoms with Gasteiger partial charge in [0.25, 0.3) is 10.0 Å². The molecule has 1 aromatic rings. The number of rotatable bonds is 3. The maximum Gasteiger partial charge on any atom is 0.327 e. The second kappa shape index (κ2) is 5.24. The molecule has 0 bridgehead atoms. The molecule has 0 aliphatic carbocycles. The second-order valence-electron chi connectivity index (χ2n) is 4.75. The molecular formula is C13H15NO5S. The maximum absolute atomic E-state index is 12.5. The highest BCUT2D eigenvalue weighted by atomic mass is 32.2. The van der Waals surface area contributed by atoms with Gasteiger partial charge >= 0.3 is 5.97 Å². The molecule has 1 aliphatic heterocycles. The van der Waals surface area contributed by atoms with E-state index in [0.717, 1.165) is 5.56 Å². The van der Waals surface area contributed by atoms with Crippen molar-refractivity contribution < 1.29 is 23.1 Å². The number of hydrogen-bond acceptors (Lipinski definition) is 4. The van der Waals surface area contributed by atoms with Crippen LogP contribution in [-0.2, 0) is 19.6 Å². The molecule has 1 N–H and O–H groups in total. The van der Waals surface area contributed by atoms with Gasteiger partial charge in [-0.25, -0.2) is 17.5 Å². The molecule has 0 spiro atoms. The summed E-state index contributed by atoms with van der Waals surface area (Å²) in [6, 6.07) is 4.66. The third kappa shape index (κ3) is 2.53. The van der Waals surface area contributed by atoms with E-state index in [0.29, 0.717) is 10.7 Å². The molecule has 1 unspecified atom stereocenters. The molecule has 108 valence electrons. The van der Waals surface area contributed by atoms with Crippen molar-refractivity contribution in [3.05, 3.63) is 29.8 Å². The van der Waals surface area contributed by atoms with Gasteiger partial charge in [-0.3, -0.25) is 4.79 Å². The van der Waals surface area contributed by atoms with Gasteiger partial charge in [-0.15, -0.1) is 0 Å². The van der Waals surface area contributed by atoms with E-state index in [1.807, 2.05) is 6.92 Å². The highest BCUT2D eigenvalue weighted by Gasteiger charge is 2.41. The van der Waals surface area contributed by atoms with Crippen LogP contribution in [0.3, 0.4) is 0 Å². The van der Waals surface area contributed by atoms with Gasteiger partial charge in [0, 0.05) is 6.42 Å². The third-order valence-electron chi connectivity index (χ3n) is 3.26. The van der Waals surface area contributed by atoms with Crippen LogP contribution in [0.5, 0.6) is 0 Å². The average Bonchev–Trinajstić information content (AvgIpc) is 2.38. The number of benzene rings is 1. The summed E-state index contributed by atoms with van der Waals surface area (Å²) >= 11 is 0. The van der Waals surface area contributed by atoms with E-state index in [4.69, 9.17) is 5.11 Å². The monoisotopic (exact) mass is 297 g/mol. The summed E-state index contributed by atoms with van der Waals surface area (Å²) in [7, 11) is -4.12. The number of carbonyl (C=O) groups excluding carboxylic acids is 1. The lowest BCUT2D eigenvalue weighted by molar-refractivity contribution is -0.148. The Labute approximate surface area is 117 Å². The van der Waals surface area contributed by atoms with Crippen molar-refractivity contribution in [1.82, 2.24) is 4.31 Å². The zero-order chi connectivity index (χ0) is 14.9. The van der Waals surface area contributed by atoms with Gasteiger partial charge in [0.05, 0.1) is 4.90 Å². The van der Waals surface area contributed by atoms with Gasteiger partial charge in [0.2, 0.25) is 5.91 Å². The van der Waals surface area contributed by atoms with Crippen LogP contribution >= 0.6 is 0 Å². The largest absolute Gasteiger partial charge is 0.480 e. The summed E-state index contributed by atoms with van der Waals surface area (Å²) in [6.45, 7) is 1.81. The van der Waals surface area contributed by atoms with Crippen molar-refractivity contribution in [2.24, 2.45) is 0 Å². The highest BCUT2D eigenvalue weighted by Crippen LogP contribution is 2.26. The molecule has 1 aromatic carbocycles.